The third-order valence-corrected chi connectivity index (χ3v) is 5.69. The Morgan fingerprint density at radius 1 is 1.43 bits per heavy atom. The van der Waals surface area contributed by atoms with Crippen molar-refractivity contribution >= 4 is 11.6 Å². The molecule has 0 radical (unpaired) electrons. The fraction of sp³-hybridized carbons (Fsp3) is 0.647. The normalized spacial score (nSPS) is 34.7. The smallest absolute Gasteiger partial charge is 0.130 e. The minimum absolute atomic E-state index is 0.0113. The van der Waals surface area contributed by atoms with Gasteiger partial charge in [-0.3, -0.25) is 0 Å². The number of fused-ring (bicyclic) bond motifs is 2. The van der Waals surface area contributed by atoms with Gasteiger partial charge in [-0.1, -0.05) is 31.5 Å². The van der Waals surface area contributed by atoms with E-state index in [1.807, 2.05) is 18.2 Å². The summed E-state index contributed by atoms with van der Waals surface area (Å²) in [5.41, 5.74) is 4.77. The molecule has 2 aliphatic heterocycles. The summed E-state index contributed by atoms with van der Waals surface area (Å²) in [5, 5.41) is 0.732. The summed E-state index contributed by atoms with van der Waals surface area (Å²) in [4.78, 5) is 0. The van der Waals surface area contributed by atoms with Gasteiger partial charge in [0.1, 0.15) is 24.0 Å². The number of hydrogen-bond donors (Lipinski definition) is 1. The molecule has 0 aromatic heterocycles. The second kappa shape index (κ2) is 5.15. The number of ether oxygens (including phenoxy) is 2. The highest BCUT2D eigenvalue weighted by Gasteiger charge is 2.61. The van der Waals surface area contributed by atoms with Gasteiger partial charge in [0.05, 0.1) is 16.2 Å². The van der Waals surface area contributed by atoms with Gasteiger partial charge in [0.25, 0.3) is 0 Å². The van der Waals surface area contributed by atoms with Gasteiger partial charge in [0.15, 0.2) is 0 Å². The molecule has 1 aromatic carbocycles. The van der Waals surface area contributed by atoms with Crippen LogP contribution in [0.1, 0.15) is 45.6 Å². The van der Waals surface area contributed by atoms with Crippen molar-refractivity contribution in [3.63, 3.8) is 0 Å². The summed E-state index contributed by atoms with van der Waals surface area (Å²) < 4.78 is 12.8. The molecule has 2 bridgehead atoms. The largest absolute Gasteiger partial charge is 0.487 e. The van der Waals surface area contributed by atoms with Gasteiger partial charge in [-0.2, -0.15) is 0 Å². The van der Waals surface area contributed by atoms with E-state index in [1.54, 1.807) is 0 Å². The summed E-state index contributed by atoms with van der Waals surface area (Å²) in [6.07, 6.45) is 3.26. The lowest BCUT2D eigenvalue weighted by Gasteiger charge is -2.32. The van der Waals surface area contributed by atoms with Gasteiger partial charge in [0.2, 0.25) is 0 Å². The SMILES string of the molecule is CC(C)[C@]12CC[C@](C)(O1)[C@H](Oc1cccc(Cl)c1C[NH3+])C2. The molecular formula is C17H25ClNO2+. The Bertz CT molecular complexity index is 548. The predicted molar refractivity (Wildman–Crippen MR) is 83.4 cm³/mol. The molecule has 2 saturated heterocycles. The van der Waals surface area contributed by atoms with Crippen molar-refractivity contribution in [1.82, 2.24) is 0 Å². The van der Waals surface area contributed by atoms with Crippen LogP contribution in [0.4, 0.5) is 0 Å². The molecule has 21 heavy (non-hydrogen) atoms. The fourth-order valence-corrected chi connectivity index (χ4v) is 4.04. The van der Waals surface area contributed by atoms with Crippen LogP contribution < -0.4 is 10.5 Å². The highest BCUT2D eigenvalue weighted by atomic mass is 35.5. The average molecular weight is 311 g/mol. The van der Waals surface area contributed by atoms with Crippen molar-refractivity contribution in [2.24, 2.45) is 5.92 Å². The molecule has 0 amide bonds. The lowest BCUT2D eigenvalue weighted by molar-refractivity contribution is -0.386. The second-order valence-electron chi connectivity index (χ2n) is 6.91. The Kier molecular flexibility index (Phi) is 3.71. The van der Waals surface area contributed by atoms with Gasteiger partial charge < -0.3 is 15.2 Å². The van der Waals surface area contributed by atoms with Crippen molar-refractivity contribution in [2.75, 3.05) is 0 Å². The van der Waals surface area contributed by atoms with Crippen LogP contribution in [0.5, 0.6) is 5.75 Å². The molecule has 2 fully saturated rings. The molecular weight excluding hydrogens is 286 g/mol. The molecule has 2 aliphatic rings. The molecule has 1 aromatic rings. The lowest BCUT2D eigenvalue weighted by Crippen LogP contribution is -2.48. The standard InChI is InChI=1S/C17H24ClNO2/c1-11(2)17-8-7-16(3,21-17)15(9-17)20-14-6-4-5-13(18)12(14)10-19/h4-6,11,15H,7-10,19H2,1-3H3/p+1/t15-,16+,17-/m1/s1. The van der Waals surface area contributed by atoms with E-state index in [9.17, 15) is 0 Å². The van der Waals surface area contributed by atoms with Crippen LogP contribution >= 0.6 is 11.6 Å². The van der Waals surface area contributed by atoms with Gasteiger partial charge in [-0.05, 0) is 37.8 Å². The first-order valence-electron chi connectivity index (χ1n) is 7.84. The van der Waals surface area contributed by atoms with E-state index in [2.05, 4.69) is 26.5 Å². The molecule has 0 spiro atoms. The molecule has 0 aliphatic carbocycles. The Balaban J connectivity index is 1.86. The van der Waals surface area contributed by atoms with Crippen molar-refractivity contribution in [3.05, 3.63) is 28.8 Å². The third kappa shape index (κ3) is 2.36. The molecule has 2 heterocycles. The minimum atomic E-state index is -0.176. The van der Waals surface area contributed by atoms with Crippen LogP contribution in [0.15, 0.2) is 18.2 Å². The van der Waals surface area contributed by atoms with Crippen molar-refractivity contribution in [2.45, 2.75) is 63.9 Å². The Morgan fingerprint density at radius 2 is 2.19 bits per heavy atom. The number of quaternary nitrogens is 1. The Hall–Kier alpha value is -0.770. The van der Waals surface area contributed by atoms with Crippen LogP contribution in [0.3, 0.4) is 0 Å². The van der Waals surface area contributed by atoms with Crippen LogP contribution in [0.2, 0.25) is 5.02 Å². The molecule has 116 valence electrons. The predicted octanol–water partition coefficient (Wildman–Crippen LogP) is 3.20. The molecule has 0 unspecified atom stereocenters. The number of hydrogen-bond acceptors (Lipinski definition) is 2. The van der Waals surface area contributed by atoms with E-state index >= 15 is 0 Å². The number of halogens is 1. The molecule has 0 saturated carbocycles. The molecule has 4 heteroatoms. The van der Waals surface area contributed by atoms with E-state index in [1.165, 1.54) is 0 Å². The summed E-state index contributed by atoms with van der Waals surface area (Å²) in [6, 6.07) is 5.82. The quantitative estimate of drug-likeness (QED) is 0.928. The minimum Gasteiger partial charge on any atom is -0.487 e. The van der Waals surface area contributed by atoms with Crippen LogP contribution in [0, 0.1) is 5.92 Å². The zero-order chi connectivity index (χ0) is 15.3. The Labute approximate surface area is 131 Å². The fourth-order valence-electron chi connectivity index (χ4n) is 3.78. The van der Waals surface area contributed by atoms with E-state index < -0.39 is 0 Å². The van der Waals surface area contributed by atoms with Crippen molar-refractivity contribution < 1.29 is 15.2 Å². The summed E-state index contributed by atoms with van der Waals surface area (Å²) in [7, 11) is 0. The first-order valence-corrected chi connectivity index (χ1v) is 8.21. The maximum atomic E-state index is 6.42. The number of rotatable bonds is 4. The first-order chi connectivity index (χ1) is 9.90. The molecule has 3 rings (SSSR count). The van der Waals surface area contributed by atoms with Crippen LogP contribution in [-0.2, 0) is 11.3 Å². The third-order valence-electron chi connectivity index (χ3n) is 5.34. The van der Waals surface area contributed by atoms with E-state index in [0.717, 1.165) is 35.6 Å². The van der Waals surface area contributed by atoms with E-state index in [4.69, 9.17) is 21.1 Å². The van der Waals surface area contributed by atoms with Crippen molar-refractivity contribution in [1.29, 1.82) is 0 Å². The number of benzene rings is 1. The van der Waals surface area contributed by atoms with Gasteiger partial charge in [-0.15, -0.1) is 0 Å². The average Bonchev–Trinajstić information content (AvgIpc) is 2.91. The van der Waals surface area contributed by atoms with Crippen LogP contribution in [-0.4, -0.2) is 17.3 Å². The van der Waals surface area contributed by atoms with Gasteiger partial charge >= 0.3 is 0 Å². The maximum absolute atomic E-state index is 6.42. The molecule has 3 nitrogen and oxygen atoms in total. The maximum Gasteiger partial charge on any atom is 0.130 e. The molecule has 3 atom stereocenters. The Morgan fingerprint density at radius 3 is 2.81 bits per heavy atom. The monoisotopic (exact) mass is 310 g/mol. The van der Waals surface area contributed by atoms with Crippen LogP contribution in [0.25, 0.3) is 0 Å². The zero-order valence-corrected chi connectivity index (χ0v) is 13.9. The lowest BCUT2D eigenvalue weighted by atomic mass is 9.75. The first kappa shape index (κ1) is 15.1. The van der Waals surface area contributed by atoms with Gasteiger partial charge in [0, 0.05) is 6.42 Å². The topological polar surface area (TPSA) is 46.1 Å². The summed E-state index contributed by atoms with van der Waals surface area (Å²) in [5.74, 6) is 1.37. The summed E-state index contributed by atoms with van der Waals surface area (Å²) in [6.45, 7) is 7.31. The second-order valence-corrected chi connectivity index (χ2v) is 7.32. The summed E-state index contributed by atoms with van der Waals surface area (Å²) >= 11 is 6.26. The zero-order valence-electron chi connectivity index (χ0n) is 13.1. The van der Waals surface area contributed by atoms with E-state index in [0.29, 0.717) is 12.5 Å². The van der Waals surface area contributed by atoms with Gasteiger partial charge in [-0.25, -0.2) is 0 Å². The van der Waals surface area contributed by atoms with Crippen molar-refractivity contribution in [3.8, 4) is 5.75 Å². The highest BCUT2D eigenvalue weighted by molar-refractivity contribution is 6.31. The highest BCUT2D eigenvalue weighted by Crippen LogP contribution is 2.55. The van der Waals surface area contributed by atoms with E-state index in [-0.39, 0.29) is 17.3 Å². The molecule has 3 N–H and O–H groups in total.